The Balaban J connectivity index is 0. The molecule has 0 saturated carbocycles. The molecule has 52 valence electrons. The van der Waals surface area contributed by atoms with Crippen molar-refractivity contribution < 1.29 is 4.39 Å². The second kappa shape index (κ2) is 7.08. The van der Waals surface area contributed by atoms with E-state index in [0.717, 1.165) is 0 Å². The lowest BCUT2D eigenvalue weighted by atomic mass is 10.5. The Morgan fingerprint density at radius 3 is 1.67 bits per heavy atom. The minimum Gasteiger partial charge on any atom is -0.230 e. The minimum absolute atomic E-state index is 0.625. The first kappa shape index (κ1) is 11.0. The Bertz CT molecular complexity index is 112. The summed E-state index contributed by atoms with van der Waals surface area (Å²) in [6.45, 7) is 12.4. The molecule has 2 heteroatoms. The predicted molar refractivity (Wildman–Crippen MR) is 40.3 cm³/mol. The fourth-order valence-electron chi connectivity index (χ4n) is 0.243. The lowest BCUT2D eigenvalue weighted by Gasteiger charge is -1.82. The molecule has 0 bridgehead atoms. The van der Waals surface area contributed by atoms with Crippen molar-refractivity contribution in [1.82, 2.24) is 0 Å². The first-order chi connectivity index (χ1) is 4.13. The van der Waals surface area contributed by atoms with Gasteiger partial charge in [0.15, 0.2) is 0 Å². The van der Waals surface area contributed by atoms with Gasteiger partial charge < -0.3 is 0 Å². The summed E-state index contributed by atoms with van der Waals surface area (Å²) >= 11 is 0. The molecule has 0 amide bonds. The molecule has 0 spiro atoms. The number of aliphatic imine (C=N–C) groups is 1. The largest absolute Gasteiger partial charge is 0.230 e. The zero-order chi connectivity index (χ0) is 7.86. The standard InChI is InChI=1S/C5H8FN.C2H4/c1-4(2)7-5(3)6;1-2/h3H2,1-2H3;1-2H2. The molecule has 0 N–H and O–H groups in total. The maximum atomic E-state index is 11.6. The molecule has 0 rings (SSSR count). The molecule has 0 radical (unpaired) electrons. The predicted octanol–water partition coefficient (Wildman–Crippen LogP) is 2.71. The number of nitrogens with zero attached hydrogens (tertiary/aromatic N) is 1. The smallest absolute Gasteiger partial charge is 0.205 e. The van der Waals surface area contributed by atoms with E-state index in [1.54, 1.807) is 13.8 Å². The average molecular weight is 129 g/mol. The van der Waals surface area contributed by atoms with E-state index in [0.29, 0.717) is 5.71 Å². The van der Waals surface area contributed by atoms with E-state index < -0.39 is 5.95 Å². The van der Waals surface area contributed by atoms with E-state index >= 15 is 0 Å². The monoisotopic (exact) mass is 129 g/mol. The molecule has 1 nitrogen and oxygen atoms in total. The van der Waals surface area contributed by atoms with Crippen LogP contribution in [-0.4, -0.2) is 5.71 Å². The highest BCUT2D eigenvalue weighted by Crippen LogP contribution is 1.91. The van der Waals surface area contributed by atoms with Crippen LogP contribution in [0.15, 0.2) is 30.7 Å². The summed E-state index contributed by atoms with van der Waals surface area (Å²) in [4.78, 5) is 3.33. The molecular weight excluding hydrogens is 117 g/mol. The van der Waals surface area contributed by atoms with E-state index in [9.17, 15) is 4.39 Å². The molecular formula is C7H12FN. The van der Waals surface area contributed by atoms with Crippen molar-refractivity contribution in [1.29, 1.82) is 0 Å². The van der Waals surface area contributed by atoms with Crippen LogP contribution in [0.4, 0.5) is 4.39 Å². The van der Waals surface area contributed by atoms with Crippen molar-refractivity contribution >= 4 is 5.71 Å². The fourth-order valence-corrected chi connectivity index (χ4v) is 0.243. The molecule has 0 atom stereocenters. The second-order valence-corrected chi connectivity index (χ2v) is 1.44. The lowest BCUT2D eigenvalue weighted by molar-refractivity contribution is 0.632. The van der Waals surface area contributed by atoms with Crippen LogP contribution in [0, 0.1) is 0 Å². The molecule has 0 aliphatic carbocycles. The normalized spacial score (nSPS) is 6.56. The third kappa shape index (κ3) is 19.3. The van der Waals surface area contributed by atoms with Crippen LogP contribution in [-0.2, 0) is 0 Å². The summed E-state index contributed by atoms with van der Waals surface area (Å²) in [6.07, 6.45) is 0. The maximum absolute atomic E-state index is 11.6. The van der Waals surface area contributed by atoms with Crippen molar-refractivity contribution in [3.63, 3.8) is 0 Å². The Morgan fingerprint density at radius 1 is 1.33 bits per heavy atom. The number of hydrogen-bond acceptors (Lipinski definition) is 1. The van der Waals surface area contributed by atoms with E-state index in [2.05, 4.69) is 24.7 Å². The van der Waals surface area contributed by atoms with Crippen LogP contribution < -0.4 is 0 Å². The van der Waals surface area contributed by atoms with Gasteiger partial charge in [-0.15, -0.1) is 13.2 Å². The molecule has 0 aliphatic rings. The third-order valence-electron chi connectivity index (χ3n) is 0.345. The Kier molecular flexibility index (Phi) is 8.62. The van der Waals surface area contributed by atoms with Crippen molar-refractivity contribution in [2.45, 2.75) is 13.8 Å². The van der Waals surface area contributed by atoms with Crippen molar-refractivity contribution in [2.75, 3.05) is 0 Å². The third-order valence-corrected chi connectivity index (χ3v) is 0.345. The summed E-state index contributed by atoms with van der Waals surface area (Å²) in [7, 11) is 0. The Morgan fingerprint density at radius 2 is 1.67 bits per heavy atom. The van der Waals surface area contributed by atoms with Crippen molar-refractivity contribution in [3.05, 3.63) is 25.7 Å². The SMILES string of the molecule is C=C.C=C(F)N=C(C)C. The topological polar surface area (TPSA) is 12.4 Å². The van der Waals surface area contributed by atoms with Gasteiger partial charge in [0.05, 0.1) is 0 Å². The summed E-state index contributed by atoms with van der Waals surface area (Å²) in [5.41, 5.74) is 0.688. The molecule has 0 aromatic rings. The number of hydrogen-bond donors (Lipinski definition) is 0. The fraction of sp³-hybridized carbons (Fsp3) is 0.286. The van der Waals surface area contributed by atoms with E-state index in [4.69, 9.17) is 0 Å². The molecule has 0 unspecified atom stereocenters. The van der Waals surface area contributed by atoms with Gasteiger partial charge in [-0.2, -0.15) is 4.39 Å². The van der Waals surface area contributed by atoms with Gasteiger partial charge in [0.25, 0.3) is 0 Å². The Hall–Kier alpha value is -0.920. The van der Waals surface area contributed by atoms with Gasteiger partial charge >= 0.3 is 0 Å². The van der Waals surface area contributed by atoms with E-state index in [1.165, 1.54) is 0 Å². The maximum Gasteiger partial charge on any atom is 0.205 e. The quantitative estimate of drug-likeness (QED) is 0.293. The molecule has 9 heavy (non-hydrogen) atoms. The van der Waals surface area contributed by atoms with Gasteiger partial charge in [-0.25, -0.2) is 4.99 Å². The van der Waals surface area contributed by atoms with Gasteiger partial charge in [0.2, 0.25) is 5.95 Å². The van der Waals surface area contributed by atoms with Gasteiger partial charge in [-0.3, -0.25) is 0 Å². The first-order valence-corrected chi connectivity index (χ1v) is 2.49. The average Bonchev–Trinajstić information content (AvgIpc) is 1.68. The molecule has 0 aromatic carbocycles. The van der Waals surface area contributed by atoms with Crippen LogP contribution in [0.2, 0.25) is 0 Å². The first-order valence-electron chi connectivity index (χ1n) is 2.49. The molecule has 0 fully saturated rings. The minimum atomic E-state index is -0.625. The zero-order valence-electron chi connectivity index (χ0n) is 5.95. The van der Waals surface area contributed by atoms with E-state index in [-0.39, 0.29) is 0 Å². The summed E-state index contributed by atoms with van der Waals surface area (Å²) in [6, 6.07) is 0. The Labute approximate surface area is 55.6 Å². The second-order valence-electron chi connectivity index (χ2n) is 1.44. The number of rotatable bonds is 1. The highest BCUT2D eigenvalue weighted by Gasteiger charge is 1.79. The van der Waals surface area contributed by atoms with Crippen LogP contribution in [0.3, 0.4) is 0 Å². The van der Waals surface area contributed by atoms with E-state index in [1.807, 2.05) is 0 Å². The van der Waals surface area contributed by atoms with Crippen LogP contribution >= 0.6 is 0 Å². The van der Waals surface area contributed by atoms with Crippen LogP contribution in [0.25, 0.3) is 0 Å². The summed E-state index contributed by atoms with van der Waals surface area (Å²) in [5, 5.41) is 0. The van der Waals surface area contributed by atoms with Gasteiger partial charge in [-0.1, -0.05) is 0 Å². The van der Waals surface area contributed by atoms with Crippen molar-refractivity contribution in [3.8, 4) is 0 Å². The summed E-state index contributed by atoms with van der Waals surface area (Å²) in [5.74, 6) is -0.625. The van der Waals surface area contributed by atoms with Gasteiger partial charge in [0, 0.05) is 5.71 Å². The van der Waals surface area contributed by atoms with Crippen LogP contribution in [0.5, 0.6) is 0 Å². The zero-order valence-corrected chi connectivity index (χ0v) is 5.95. The highest BCUT2D eigenvalue weighted by molar-refractivity contribution is 5.79. The van der Waals surface area contributed by atoms with Crippen molar-refractivity contribution in [2.24, 2.45) is 4.99 Å². The molecule has 0 heterocycles. The molecule has 0 saturated heterocycles. The molecule has 0 aliphatic heterocycles. The van der Waals surface area contributed by atoms with Gasteiger partial charge in [-0.05, 0) is 20.4 Å². The number of halogens is 1. The van der Waals surface area contributed by atoms with Gasteiger partial charge in [0.1, 0.15) is 0 Å². The van der Waals surface area contributed by atoms with Crippen LogP contribution in [0.1, 0.15) is 13.8 Å². The molecule has 0 aromatic heterocycles. The summed E-state index contributed by atoms with van der Waals surface area (Å²) < 4.78 is 11.6. The lowest BCUT2D eigenvalue weighted by Crippen LogP contribution is -1.77. The highest BCUT2D eigenvalue weighted by atomic mass is 19.1.